The van der Waals surface area contributed by atoms with Crippen molar-refractivity contribution >= 4 is 0 Å². The highest BCUT2D eigenvalue weighted by Gasteiger charge is 2.10. The monoisotopic (exact) mass is 426 g/mol. The summed E-state index contributed by atoms with van der Waals surface area (Å²) in [7, 11) is 0. The van der Waals surface area contributed by atoms with Gasteiger partial charge in [-0.05, 0) is 75.2 Å². The maximum Gasteiger partial charge on any atom is 0.0346 e. The minimum atomic E-state index is 0.437. The molecular formula is C31H26N2. The van der Waals surface area contributed by atoms with Crippen molar-refractivity contribution in [2.45, 2.75) is 19.8 Å². The fraction of sp³-hybridized carbons (Fsp3) is 0.0968. The molecule has 0 saturated carbocycles. The number of hydrogen-bond acceptors (Lipinski definition) is 2. The molecule has 0 N–H and O–H groups in total. The van der Waals surface area contributed by atoms with Crippen LogP contribution in [0.3, 0.4) is 0 Å². The van der Waals surface area contributed by atoms with E-state index in [1.807, 2.05) is 36.9 Å². The molecule has 0 amide bonds. The van der Waals surface area contributed by atoms with Gasteiger partial charge in [-0.15, -0.1) is 0 Å². The molecule has 0 saturated heterocycles. The zero-order valence-electron chi connectivity index (χ0n) is 18.9. The minimum absolute atomic E-state index is 0.437. The highest BCUT2D eigenvalue weighted by molar-refractivity contribution is 5.79. The summed E-state index contributed by atoms with van der Waals surface area (Å²) in [4.78, 5) is 8.57. The van der Waals surface area contributed by atoms with Crippen molar-refractivity contribution in [2.24, 2.45) is 0 Å². The van der Waals surface area contributed by atoms with Crippen LogP contribution in [-0.4, -0.2) is 9.97 Å². The van der Waals surface area contributed by atoms with Crippen LogP contribution in [-0.2, 0) is 0 Å². The Morgan fingerprint density at radius 1 is 0.455 bits per heavy atom. The van der Waals surface area contributed by atoms with E-state index in [0.717, 1.165) is 11.1 Å². The molecule has 0 atom stereocenters. The molecule has 2 nitrogen and oxygen atoms in total. The topological polar surface area (TPSA) is 25.8 Å². The summed E-state index contributed by atoms with van der Waals surface area (Å²) >= 11 is 0. The van der Waals surface area contributed by atoms with Gasteiger partial charge in [0.2, 0.25) is 0 Å². The van der Waals surface area contributed by atoms with Gasteiger partial charge in [0.05, 0.1) is 0 Å². The van der Waals surface area contributed by atoms with E-state index in [2.05, 4.69) is 103 Å². The average molecular weight is 427 g/mol. The molecule has 0 radical (unpaired) electrons. The number of hydrogen-bond donors (Lipinski definition) is 0. The third-order valence-electron chi connectivity index (χ3n) is 6.00. The molecule has 33 heavy (non-hydrogen) atoms. The van der Waals surface area contributed by atoms with Gasteiger partial charge in [0.1, 0.15) is 0 Å². The normalized spacial score (nSPS) is 11.0. The number of pyridine rings is 2. The Hall–Kier alpha value is -4.04. The summed E-state index contributed by atoms with van der Waals surface area (Å²) in [6.45, 7) is 4.50. The Morgan fingerprint density at radius 2 is 0.848 bits per heavy atom. The van der Waals surface area contributed by atoms with Crippen LogP contribution >= 0.6 is 0 Å². The Balaban J connectivity index is 1.60. The summed E-state index contributed by atoms with van der Waals surface area (Å²) < 4.78 is 0. The first kappa shape index (κ1) is 20.8. The molecule has 0 aliphatic heterocycles. The summed E-state index contributed by atoms with van der Waals surface area (Å²) in [6.07, 6.45) is 7.45. The quantitative estimate of drug-likeness (QED) is 0.283. The summed E-state index contributed by atoms with van der Waals surface area (Å²) in [6, 6.07) is 32.5. The van der Waals surface area contributed by atoms with Gasteiger partial charge in [0.15, 0.2) is 0 Å². The number of benzene rings is 3. The van der Waals surface area contributed by atoms with E-state index in [1.165, 1.54) is 38.9 Å². The van der Waals surface area contributed by atoms with Gasteiger partial charge in [0, 0.05) is 35.9 Å². The summed E-state index contributed by atoms with van der Waals surface area (Å²) in [5, 5.41) is 0. The van der Waals surface area contributed by atoms with Crippen LogP contribution in [0.4, 0.5) is 0 Å². The van der Waals surface area contributed by atoms with Crippen molar-refractivity contribution in [1.29, 1.82) is 0 Å². The molecule has 160 valence electrons. The number of rotatable bonds is 5. The van der Waals surface area contributed by atoms with E-state index in [1.54, 1.807) is 0 Å². The number of nitrogens with zero attached hydrogens (tertiary/aromatic N) is 2. The van der Waals surface area contributed by atoms with Gasteiger partial charge in [-0.1, -0.05) is 74.5 Å². The maximum atomic E-state index is 4.28. The van der Waals surface area contributed by atoms with Crippen LogP contribution in [0.25, 0.3) is 44.5 Å². The molecule has 3 aromatic carbocycles. The molecule has 2 aromatic heterocycles. The lowest BCUT2D eigenvalue weighted by atomic mass is 9.90. The van der Waals surface area contributed by atoms with E-state index < -0.39 is 0 Å². The van der Waals surface area contributed by atoms with Gasteiger partial charge in [-0.3, -0.25) is 9.97 Å². The Labute approximate surface area is 195 Å². The molecule has 0 aliphatic rings. The lowest BCUT2D eigenvalue weighted by Gasteiger charge is -2.14. The van der Waals surface area contributed by atoms with Gasteiger partial charge in [0.25, 0.3) is 0 Å². The molecule has 5 aromatic rings. The van der Waals surface area contributed by atoms with Crippen molar-refractivity contribution in [3.05, 3.63) is 121 Å². The van der Waals surface area contributed by atoms with Crippen molar-refractivity contribution in [3.63, 3.8) is 0 Å². The van der Waals surface area contributed by atoms with Crippen LogP contribution in [0.5, 0.6) is 0 Å². The van der Waals surface area contributed by atoms with Gasteiger partial charge < -0.3 is 0 Å². The molecular weight excluding hydrogens is 400 g/mol. The molecule has 0 bridgehead atoms. The third kappa shape index (κ3) is 4.61. The van der Waals surface area contributed by atoms with Crippen LogP contribution in [0.2, 0.25) is 0 Å². The first-order valence-corrected chi connectivity index (χ1v) is 11.3. The minimum Gasteiger partial charge on any atom is -0.264 e. The standard InChI is InChI=1S/C31H26N2/c1-22(2)29-17-30(25-9-3-7-23(15-25)27-11-5-13-32-20-27)19-31(18-29)26-10-4-8-24(16-26)28-12-6-14-33-21-28/h3-22H,1-2H3. The Kier molecular flexibility index (Phi) is 5.82. The van der Waals surface area contributed by atoms with Crippen LogP contribution in [0.1, 0.15) is 25.3 Å². The highest BCUT2D eigenvalue weighted by Crippen LogP contribution is 2.34. The SMILES string of the molecule is CC(C)c1cc(-c2cccc(-c3cccnc3)c2)cc(-c2cccc(-c3cccnc3)c2)c1. The average Bonchev–Trinajstić information content (AvgIpc) is 2.89. The molecule has 0 unspecified atom stereocenters. The van der Waals surface area contributed by atoms with Gasteiger partial charge in [-0.2, -0.15) is 0 Å². The molecule has 2 heteroatoms. The predicted molar refractivity (Wildman–Crippen MR) is 138 cm³/mol. The Morgan fingerprint density at radius 3 is 1.24 bits per heavy atom. The molecule has 0 spiro atoms. The first-order valence-electron chi connectivity index (χ1n) is 11.3. The largest absolute Gasteiger partial charge is 0.264 e. The third-order valence-corrected chi connectivity index (χ3v) is 6.00. The van der Waals surface area contributed by atoms with Crippen molar-refractivity contribution in [2.75, 3.05) is 0 Å². The second-order valence-electron chi connectivity index (χ2n) is 8.64. The molecule has 0 aliphatic carbocycles. The van der Waals surface area contributed by atoms with E-state index >= 15 is 0 Å². The van der Waals surface area contributed by atoms with E-state index in [-0.39, 0.29) is 0 Å². The van der Waals surface area contributed by atoms with Gasteiger partial charge in [-0.25, -0.2) is 0 Å². The Bertz CT molecular complexity index is 1270. The van der Waals surface area contributed by atoms with E-state index in [9.17, 15) is 0 Å². The van der Waals surface area contributed by atoms with E-state index in [4.69, 9.17) is 0 Å². The lowest BCUT2D eigenvalue weighted by Crippen LogP contribution is -1.92. The second-order valence-corrected chi connectivity index (χ2v) is 8.64. The summed E-state index contributed by atoms with van der Waals surface area (Å²) in [5.74, 6) is 0.437. The van der Waals surface area contributed by atoms with Crippen molar-refractivity contribution in [3.8, 4) is 44.5 Å². The number of aromatic nitrogens is 2. The van der Waals surface area contributed by atoms with E-state index in [0.29, 0.717) is 5.92 Å². The van der Waals surface area contributed by atoms with Crippen molar-refractivity contribution < 1.29 is 0 Å². The van der Waals surface area contributed by atoms with Gasteiger partial charge >= 0.3 is 0 Å². The van der Waals surface area contributed by atoms with Crippen LogP contribution in [0.15, 0.2) is 116 Å². The highest BCUT2D eigenvalue weighted by atomic mass is 14.6. The predicted octanol–water partition coefficient (Wildman–Crippen LogP) is 8.27. The molecule has 0 fully saturated rings. The second kappa shape index (κ2) is 9.22. The zero-order chi connectivity index (χ0) is 22.6. The van der Waals surface area contributed by atoms with Crippen LogP contribution in [0, 0.1) is 0 Å². The lowest BCUT2D eigenvalue weighted by molar-refractivity contribution is 0.867. The maximum absolute atomic E-state index is 4.28. The fourth-order valence-corrected chi connectivity index (χ4v) is 4.14. The molecule has 5 rings (SSSR count). The zero-order valence-corrected chi connectivity index (χ0v) is 18.9. The first-order chi connectivity index (χ1) is 16.2. The molecule has 2 heterocycles. The smallest absolute Gasteiger partial charge is 0.0346 e. The fourth-order valence-electron chi connectivity index (χ4n) is 4.14. The summed E-state index contributed by atoms with van der Waals surface area (Å²) in [5.41, 5.74) is 10.8. The van der Waals surface area contributed by atoms with Crippen LogP contribution < -0.4 is 0 Å². The van der Waals surface area contributed by atoms with Crippen molar-refractivity contribution in [1.82, 2.24) is 9.97 Å².